The van der Waals surface area contributed by atoms with Gasteiger partial charge in [0.15, 0.2) is 9.84 Å². The van der Waals surface area contributed by atoms with Gasteiger partial charge in [0.1, 0.15) is 5.25 Å². The van der Waals surface area contributed by atoms with Crippen LogP contribution < -0.4 is 0 Å². The first-order valence-electron chi connectivity index (χ1n) is 8.28. The number of morpholine rings is 1. The predicted octanol–water partition coefficient (Wildman–Crippen LogP) is 2.17. The number of hydrogen-bond donors (Lipinski definition) is 0. The Balaban J connectivity index is 1.79. The van der Waals surface area contributed by atoms with E-state index in [-0.39, 0.29) is 16.0 Å². The van der Waals surface area contributed by atoms with Gasteiger partial charge in [-0.15, -0.1) is 0 Å². The lowest BCUT2D eigenvalue weighted by atomic mass is 9.73. The molecular formula is C17H23NO3S. The third kappa shape index (κ3) is 1.92. The molecule has 2 aliphatic heterocycles. The van der Waals surface area contributed by atoms with Gasteiger partial charge < -0.3 is 4.74 Å². The van der Waals surface area contributed by atoms with Gasteiger partial charge in [-0.25, -0.2) is 8.42 Å². The fourth-order valence-corrected chi connectivity index (χ4v) is 7.99. The molecule has 0 unspecified atom stereocenters. The highest BCUT2D eigenvalue weighted by Crippen LogP contribution is 2.59. The highest BCUT2D eigenvalue weighted by molar-refractivity contribution is 7.94. The second-order valence-electron chi connectivity index (χ2n) is 6.70. The number of nitrogens with zero attached hydrogens (tertiary/aromatic N) is 1. The zero-order valence-corrected chi connectivity index (χ0v) is 13.6. The topological polar surface area (TPSA) is 46.6 Å². The van der Waals surface area contributed by atoms with Gasteiger partial charge in [0.05, 0.1) is 24.0 Å². The number of hydrogen-bond acceptors (Lipinski definition) is 4. The molecule has 3 aliphatic rings. The van der Waals surface area contributed by atoms with E-state index >= 15 is 0 Å². The van der Waals surface area contributed by atoms with Crippen molar-refractivity contribution in [2.45, 2.75) is 41.7 Å². The second-order valence-corrected chi connectivity index (χ2v) is 8.92. The normalized spacial score (nSPS) is 38.0. The third-order valence-electron chi connectivity index (χ3n) is 5.73. The molecule has 2 heterocycles. The van der Waals surface area contributed by atoms with Gasteiger partial charge in [-0.1, -0.05) is 43.2 Å². The SMILES string of the molecule is O=S1(=O)[C@H](c2ccccc2)[C@]2(N3CCOCC3)CCCC[C@@H]21. The molecule has 3 fully saturated rings. The van der Waals surface area contributed by atoms with Crippen LogP contribution in [0.5, 0.6) is 0 Å². The van der Waals surface area contributed by atoms with E-state index < -0.39 is 9.84 Å². The molecular weight excluding hydrogens is 298 g/mol. The first kappa shape index (κ1) is 14.7. The van der Waals surface area contributed by atoms with E-state index in [9.17, 15) is 8.42 Å². The monoisotopic (exact) mass is 321 g/mol. The first-order chi connectivity index (χ1) is 10.7. The van der Waals surface area contributed by atoms with E-state index in [1.807, 2.05) is 30.3 Å². The van der Waals surface area contributed by atoms with Gasteiger partial charge in [0, 0.05) is 13.1 Å². The number of sulfone groups is 1. The summed E-state index contributed by atoms with van der Waals surface area (Å²) in [5.74, 6) is 0. The lowest BCUT2D eigenvalue weighted by Gasteiger charge is -2.63. The van der Waals surface area contributed by atoms with E-state index in [0.717, 1.165) is 57.6 Å². The maximum absolute atomic E-state index is 13.0. The van der Waals surface area contributed by atoms with Crippen LogP contribution in [0.25, 0.3) is 0 Å². The Morgan fingerprint density at radius 1 is 1.09 bits per heavy atom. The Morgan fingerprint density at radius 2 is 1.82 bits per heavy atom. The van der Waals surface area contributed by atoms with Crippen molar-refractivity contribution >= 4 is 9.84 Å². The summed E-state index contributed by atoms with van der Waals surface area (Å²) in [6.45, 7) is 3.15. The van der Waals surface area contributed by atoms with Crippen LogP contribution in [0.4, 0.5) is 0 Å². The molecule has 0 aromatic heterocycles. The van der Waals surface area contributed by atoms with Crippen LogP contribution in [0.3, 0.4) is 0 Å². The Hall–Kier alpha value is -0.910. The molecule has 3 atom stereocenters. The maximum atomic E-state index is 13.0. The van der Waals surface area contributed by atoms with Crippen molar-refractivity contribution in [1.29, 1.82) is 0 Å². The summed E-state index contributed by atoms with van der Waals surface area (Å²) in [5, 5.41) is -0.540. The van der Waals surface area contributed by atoms with Gasteiger partial charge in [0.25, 0.3) is 0 Å². The standard InChI is InChI=1S/C17H23NO3S/c19-22(20)15-8-4-5-9-17(15,18-10-12-21-13-11-18)16(22)14-6-2-1-3-7-14/h1-3,6-7,15-16H,4-5,8-13H2/t15-,16+,17-/m0/s1. The van der Waals surface area contributed by atoms with Crippen molar-refractivity contribution < 1.29 is 13.2 Å². The van der Waals surface area contributed by atoms with E-state index in [1.165, 1.54) is 0 Å². The summed E-state index contributed by atoms with van der Waals surface area (Å²) in [5.41, 5.74) is 0.773. The second kappa shape index (κ2) is 5.32. The highest BCUT2D eigenvalue weighted by atomic mass is 32.2. The summed E-state index contributed by atoms with van der Waals surface area (Å²) >= 11 is 0. The van der Waals surface area contributed by atoms with Gasteiger partial charge in [-0.05, 0) is 18.4 Å². The molecule has 0 radical (unpaired) electrons. The van der Waals surface area contributed by atoms with Gasteiger partial charge >= 0.3 is 0 Å². The number of rotatable bonds is 2. The van der Waals surface area contributed by atoms with Crippen molar-refractivity contribution in [2.75, 3.05) is 26.3 Å². The Morgan fingerprint density at radius 3 is 2.55 bits per heavy atom. The zero-order chi connectivity index (χ0) is 15.2. The van der Waals surface area contributed by atoms with Crippen LogP contribution >= 0.6 is 0 Å². The molecule has 5 heteroatoms. The summed E-state index contributed by atoms with van der Waals surface area (Å²) in [6, 6.07) is 9.82. The molecule has 0 amide bonds. The van der Waals surface area contributed by atoms with Crippen molar-refractivity contribution in [3.8, 4) is 0 Å². The average Bonchev–Trinajstić information content (AvgIpc) is 2.56. The first-order valence-corrected chi connectivity index (χ1v) is 9.89. The minimum atomic E-state index is -3.07. The third-order valence-corrected chi connectivity index (χ3v) is 8.51. The molecule has 4 rings (SSSR count). The minimum absolute atomic E-state index is 0.183. The van der Waals surface area contributed by atoms with Crippen molar-refractivity contribution in [1.82, 2.24) is 4.90 Å². The van der Waals surface area contributed by atoms with Crippen molar-refractivity contribution in [2.24, 2.45) is 0 Å². The maximum Gasteiger partial charge on any atom is 0.163 e. The predicted molar refractivity (Wildman–Crippen MR) is 85.5 cm³/mol. The van der Waals surface area contributed by atoms with E-state index in [4.69, 9.17) is 4.74 Å². The Labute approximate surface area is 132 Å². The minimum Gasteiger partial charge on any atom is -0.379 e. The van der Waals surface area contributed by atoms with Crippen molar-refractivity contribution in [3.63, 3.8) is 0 Å². The molecule has 0 bridgehead atoms. The molecule has 1 aromatic carbocycles. The van der Waals surface area contributed by atoms with Gasteiger partial charge in [-0.3, -0.25) is 4.90 Å². The molecule has 0 N–H and O–H groups in total. The van der Waals surface area contributed by atoms with Crippen LogP contribution in [0, 0.1) is 0 Å². The number of fused-ring (bicyclic) bond motifs is 1. The van der Waals surface area contributed by atoms with E-state index in [2.05, 4.69) is 4.90 Å². The molecule has 0 spiro atoms. The molecule has 1 aromatic rings. The van der Waals surface area contributed by atoms with Crippen LogP contribution in [0.1, 0.15) is 36.5 Å². The number of ether oxygens (including phenoxy) is 1. The van der Waals surface area contributed by atoms with E-state index in [1.54, 1.807) is 0 Å². The molecule has 1 aliphatic carbocycles. The van der Waals surface area contributed by atoms with Crippen LogP contribution in [0.2, 0.25) is 0 Å². The summed E-state index contributed by atoms with van der Waals surface area (Å²) in [6.07, 6.45) is 3.99. The van der Waals surface area contributed by atoms with Crippen molar-refractivity contribution in [3.05, 3.63) is 35.9 Å². The zero-order valence-electron chi connectivity index (χ0n) is 12.8. The molecule has 1 saturated carbocycles. The summed E-state index contributed by atoms with van der Waals surface area (Å²) < 4.78 is 31.4. The van der Waals surface area contributed by atoms with Crippen LogP contribution in [0.15, 0.2) is 30.3 Å². The molecule has 4 nitrogen and oxygen atoms in total. The van der Waals surface area contributed by atoms with Crippen LogP contribution in [-0.4, -0.2) is 50.4 Å². The fraction of sp³-hybridized carbons (Fsp3) is 0.647. The van der Waals surface area contributed by atoms with E-state index in [0.29, 0.717) is 0 Å². The van der Waals surface area contributed by atoms with Crippen LogP contribution in [-0.2, 0) is 14.6 Å². The smallest absolute Gasteiger partial charge is 0.163 e. The fourth-order valence-electron chi connectivity index (χ4n) is 4.89. The Kier molecular flexibility index (Phi) is 3.55. The molecule has 120 valence electrons. The van der Waals surface area contributed by atoms with Gasteiger partial charge in [-0.2, -0.15) is 0 Å². The number of benzene rings is 1. The molecule has 22 heavy (non-hydrogen) atoms. The summed E-state index contributed by atoms with van der Waals surface area (Å²) in [4.78, 5) is 2.43. The Bertz CT molecular complexity index is 639. The summed E-state index contributed by atoms with van der Waals surface area (Å²) in [7, 11) is -3.07. The lowest BCUT2D eigenvalue weighted by Crippen LogP contribution is -2.75. The molecule has 2 saturated heterocycles. The quantitative estimate of drug-likeness (QED) is 0.837. The average molecular weight is 321 g/mol. The largest absolute Gasteiger partial charge is 0.379 e. The lowest BCUT2D eigenvalue weighted by molar-refractivity contribution is -0.0483. The van der Waals surface area contributed by atoms with Gasteiger partial charge in [0.2, 0.25) is 0 Å². The highest BCUT2D eigenvalue weighted by Gasteiger charge is 2.69.